The van der Waals surface area contributed by atoms with Crippen LogP contribution in [-0.4, -0.2) is 56.2 Å². The zero-order chi connectivity index (χ0) is 11.7. The van der Waals surface area contributed by atoms with Crippen molar-refractivity contribution in [2.75, 3.05) is 34.2 Å². The van der Waals surface area contributed by atoms with Crippen LogP contribution < -0.4 is 5.43 Å². The van der Waals surface area contributed by atoms with Crippen molar-refractivity contribution in [1.29, 1.82) is 5.41 Å². The third kappa shape index (κ3) is 7.93. The second kappa shape index (κ2) is 8.23. The van der Waals surface area contributed by atoms with Gasteiger partial charge in [0.25, 0.3) is 0 Å². The van der Waals surface area contributed by atoms with Gasteiger partial charge in [-0.1, -0.05) is 6.92 Å². The van der Waals surface area contributed by atoms with E-state index in [1.807, 2.05) is 18.9 Å². The van der Waals surface area contributed by atoms with Crippen molar-refractivity contribution in [1.82, 2.24) is 15.2 Å². The minimum Gasteiger partial charge on any atom is -0.345 e. The first-order chi connectivity index (χ1) is 7.07. The van der Waals surface area contributed by atoms with Crippen LogP contribution in [0.2, 0.25) is 0 Å². The van der Waals surface area contributed by atoms with E-state index in [0.717, 1.165) is 25.9 Å². The summed E-state index contributed by atoms with van der Waals surface area (Å²) in [7, 11) is 6.00. The Labute approximate surface area is 92.6 Å². The Morgan fingerprint density at radius 2 is 2.00 bits per heavy atom. The molecule has 2 N–H and O–H groups in total. The number of hydrogen-bond donors (Lipinski definition) is 2. The highest BCUT2D eigenvalue weighted by atomic mass is 15.4. The molecule has 0 rings (SSSR count). The second-order valence-electron chi connectivity index (χ2n) is 3.76. The molecule has 0 saturated heterocycles. The molecule has 5 heteroatoms. The number of hydrazone groups is 1. The van der Waals surface area contributed by atoms with Gasteiger partial charge in [0.05, 0.1) is 0 Å². The monoisotopic (exact) mass is 213 g/mol. The maximum atomic E-state index is 7.65. The lowest BCUT2D eigenvalue weighted by Crippen LogP contribution is -2.36. The van der Waals surface area contributed by atoms with Gasteiger partial charge in [-0.25, -0.2) is 5.43 Å². The SMILES string of the molecule is CC/C=N/NC(=N)N(C)CCCN(C)C. The summed E-state index contributed by atoms with van der Waals surface area (Å²) in [6.45, 7) is 3.91. The number of guanidine groups is 1. The predicted molar refractivity (Wildman–Crippen MR) is 65.4 cm³/mol. The van der Waals surface area contributed by atoms with E-state index in [-0.39, 0.29) is 0 Å². The molecule has 0 aliphatic carbocycles. The number of nitrogens with one attached hydrogen (secondary N) is 2. The van der Waals surface area contributed by atoms with Gasteiger partial charge < -0.3 is 9.80 Å². The van der Waals surface area contributed by atoms with E-state index in [1.165, 1.54) is 0 Å². The van der Waals surface area contributed by atoms with Crippen LogP contribution in [0.5, 0.6) is 0 Å². The van der Waals surface area contributed by atoms with Crippen LogP contribution in [0.25, 0.3) is 0 Å². The summed E-state index contributed by atoms with van der Waals surface area (Å²) in [6, 6.07) is 0. The highest BCUT2D eigenvalue weighted by Gasteiger charge is 2.02. The second-order valence-corrected chi connectivity index (χ2v) is 3.76. The molecular weight excluding hydrogens is 190 g/mol. The van der Waals surface area contributed by atoms with Gasteiger partial charge in [0.15, 0.2) is 0 Å². The van der Waals surface area contributed by atoms with E-state index >= 15 is 0 Å². The van der Waals surface area contributed by atoms with Crippen LogP contribution in [0.4, 0.5) is 0 Å². The van der Waals surface area contributed by atoms with Gasteiger partial charge >= 0.3 is 0 Å². The summed E-state index contributed by atoms with van der Waals surface area (Å²) < 4.78 is 0. The summed E-state index contributed by atoms with van der Waals surface area (Å²) >= 11 is 0. The van der Waals surface area contributed by atoms with Crippen molar-refractivity contribution < 1.29 is 0 Å². The van der Waals surface area contributed by atoms with Gasteiger partial charge in [-0.2, -0.15) is 5.10 Å². The van der Waals surface area contributed by atoms with Gasteiger partial charge in [0, 0.05) is 19.8 Å². The smallest absolute Gasteiger partial charge is 0.211 e. The summed E-state index contributed by atoms with van der Waals surface area (Å²) in [5, 5.41) is 11.5. The Morgan fingerprint density at radius 3 is 2.53 bits per heavy atom. The Balaban J connectivity index is 3.64. The van der Waals surface area contributed by atoms with Gasteiger partial charge in [-0.3, -0.25) is 5.41 Å². The number of hydrogen-bond acceptors (Lipinski definition) is 3. The molecular formula is C10H23N5. The molecule has 0 saturated carbocycles. The summed E-state index contributed by atoms with van der Waals surface area (Å²) in [5.41, 5.74) is 2.69. The Kier molecular flexibility index (Phi) is 7.62. The zero-order valence-electron chi connectivity index (χ0n) is 10.2. The van der Waals surface area contributed by atoms with E-state index in [9.17, 15) is 0 Å². The molecule has 0 unspecified atom stereocenters. The largest absolute Gasteiger partial charge is 0.345 e. The van der Waals surface area contributed by atoms with Crippen molar-refractivity contribution in [3.8, 4) is 0 Å². The molecule has 88 valence electrons. The Hall–Kier alpha value is -1.10. The Bertz CT molecular complexity index is 200. The molecule has 0 aliphatic rings. The van der Waals surface area contributed by atoms with Crippen LogP contribution in [0.1, 0.15) is 19.8 Å². The van der Waals surface area contributed by atoms with E-state index in [2.05, 4.69) is 29.5 Å². The molecule has 0 fully saturated rings. The molecule has 0 bridgehead atoms. The quantitative estimate of drug-likeness (QED) is 0.390. The van der Waals surface area contributed by atoms with Gasteiger partial charge in [0.1, 0.15) is 0 Å². The van der Waals surface area contributed by atoms with Crippen LogP contribution in [-0.2, 0) is 0 Å². The number of nitrogens with zero attached hydrogens (tertiary/aromatic N) is 3. The van der Waals surface area contributed by atoms with Gasteiger partial charge in [-0.15, -0.1) is 0 Å². The fraction of sp³-hybridized carbons (Fsp3) is 0.800. The fourth-order valence-electron chi connectivity index (χ4n) is 1.02. The van der Waals surface area contributed by atoms with Crippen LogP contribution in [0.15, 0.2) is 5.10 Å². The molecule has 0 atom stereocenters. The molecule has 15 heavy (non-hydrogen) atoms. The van der Waals surface area contributed by atoms with Crippen molar-refractivity contribution >= 4 is 12.2 Å². The zero-order valence-corrected chi connectivity index (χ0v) is 10.2. The first-order valence-electron chi connectivity index (χ1n) is 5.29. The summed E-state index contributed by atoms with van der Waals surface area (Å²) in [4.78, 5) is 4.00. The molecule has 0 aliphatic heterocycles. The van der Waals surface area contributed by atoms with Crippen LogP contribution >= 0.6 is 0 Å². The van der Waals surface area contributed by atoms with E-state index < -0.39 is 0 Å². The minimum atomic E-state index is 0.346. The van der Waals surface area contributed by atoms with Crippen molar-refractivity contribution in [2.24, 2.45) is 5.10 Å². The lowest BCUT2D eigenvalue weighted by molar-refractivity contribution is 0.366. The van der Waals surface area contributed by atoms with Crippen molar-refractivity contribution in [2.45, 2.75) is 19.8 Å². The van der Waals surface area contributed by atoms with E-state index in [0.29, 0.717) is 5.96 Å². The lowest BCUT2D eigenvalue weighted by Gasteiger charge is -2.19. The lowest BCUT2D eigenvalue weighted by atomic mass is 10.4. The van der Waals surface area contributed by atoms with Crippen molar-refractivity contribution in [3.05, 3.63) is 0 Å². The highest BCUT2D eigenvalue weighted by Crippen LogP contribution is 1.89. The molecule has 0 aromatic carbocycles. The molecule has 0 heterocycles. The van der Waals surface area contributed by atoms with E-state index in [4.69, 9.17) is 5.41 Å². The highest BCUT2D eigenvalue weighted by molar-refractivity contribution is 5.77. The third-order valence-electron chi connectivity index (χ3n) is 1.92. The molecule has 0 aromatic heterocycles. The predicted octanol–water partition coefficient (Wildman–Crippen LogP) is 0.790. The van der Waals surface area contributed by atoms with Crippen molar-refractivity contribution in [3.63, 3.8) is 0 Å². The first-order valence-corrected chi connectivity index (χ1v) is 5.29. The summed E-state index contributed by atoms with van der Waals surface area (Å²) in [5.74, 6) is 0.346. The number of rotatable bonds is 6. The maximum Gasteiger partial charge on any atom is 0.211 e. The van der Waals surface area contributed by atoms with Gasteiger partial charge in [0.2, 0.25) is 5.96 Å². The standard InChI is InChI=1S/C10H23N5/c1-5-7-12-13-10(11)15(4)9-6-8-14(2)3/h7H,5-6,8-9H2,1-4H3,(H2,11,13)/b12-7+. The molecule has 0 amide bonds. The normalized spacial score (nSPS) is 11.0. The fourth-order valence-corrected chi connectivity index (χ4v) is 1.02. The molecule has 0 spiro atoms. The van der Waals surface area contributed by atoms with Crippen LogP contribution in [0.3, 0.4) is 0 Å². The molecule has 5 nitrogen and oxygen atoms in total. The van der Waals surface area contributed by atoms with Crippen LogP contribution in [0, 0.1) is 5.41 Å². The van der Waals surface area contributed by atoms with Gasteiger partial charge in [-0.05, 0) is 33.5 Å². The van der Waals surface area contributed by atoms with E-state index in [1.54, 1.807) is 6.21 Å². The average molecular weight is 213 g/mol. The molecule has 0 radical (unpaired) electrons. The first kappa shape index (κ1) is 13.9. The summed E-state index contributed by atoms with van der Waals surface area (Å²) in [6.07, 6.45) is 3.68. The minimum absolute atomic E-state index is 0.346. The third-order valence-corrected chi connectivity index (χ3v) is 1.92. The average Bonchev–Trinajstić information content (AvgIpc) is 2.17. The topological polar surface area (TPSA) is 54.7 Å². The molecule has 0 aromatic rings. The maximum absolute atomic E-state index is 7.65. The Morgan fingerprint density at radius 1 is 1.33 bits per heavy atom.